The molecule has 0 amide bonds. The van der Waals surface area contributed by atoms with Crippen molar-refractivity contribution < 1.29 is 4.92 Å². The molecule has 6 nitrogen and oxygen atoms in total. The van der Waals surface area contributed by atoms with E-state index >= 15 is 0 Å². The van der Waals surface area contributed by atoms with Gasteiger partial charge in [0.25, 0.3) is 5.69 Å². The Labute approximate surface area is 120 Å². The molecule has 2 rings (SSSR count). The third-order valence-corrected chi connectivity index (χ3v) is 3.73. The molecule has 1 aromatic carbocycles. The molecule has 102 valence electrons. The van der Waals surface area contributed by atoms with Gasteiger partial charge in [0.15, 0.2) is 0 Å². The second-order valence-electron chi connectivity index (χ2n) is 4.31. The summed E-state index contributed by atoms with van der Waals surface area (Å²) < 4.78 is 0. The SMILES string of the molecule is Cc1csc(CN(C)c2ccc([N+](=O)[O-])c(C#N)c2)n1. The number of thiazole rings is 1. The number of hydrogen-bond donors (Lipinski definition) is 0. The Morgan fingerprint density at radius 1 is 1.55 bits per heavy atom. The minimum Gasteiger partial charge on any atom is -0.368 e. The summed E-state index contributed by atoms with van der Waals surface area (Å²) in [5.41, 5.74) is 1.62. The summed E-state index contributed by atoms with van der Waals surface area (Å²) in [6.07, 6.45) is 0. The predicted octanol–water partition coefficient (Wildman–Crippen LogP) is 2.87. The molecule has 0 aliphatic carbocycles. The van der Waals surface area contributed by atoms with Gasteiger partial charge in [0.1, 0.15) is 16.6 Å². The topological polar surface area (TPSA) is 83.1 Å². The van der Waals surface area contributed by atoms with Crippen LogP contribution in [0.1, 0.15) is 16.3 Å². The first kappa shape index (κ1) is 14.0. The molecule has 0 spiro atoms. The first-order valence-electron chi connectivity index (χ1n) is 5.82. The number of aromatic nitrogens is 1. The number of aryl methyl sites for hydroxylation is 1. The Morgan fingerprint density at radius 3 is 2.85 bits per heavy atom. The highest BCUT2D eigenvalue weighted by Gasteiger charge is 2.15. The molecule has 0 aliphatic heterocycles. The van der Waals surface area contributed by atoms with Crippen molar-refractivity contribution in [2.75, 3.05) is 11.9 Å². The van der Waals surface area contributed by atoms with Crippen molar-refractivity contribution >= 4 is 22.7 Å². The fraction of sp³-hybridized carbons (Fsp3) is 0.231. The van der Waals surface area contributed by atoms with E-state index in [1.807, 2.05) is 30.3 Å². The van der Waals surface area contributed by atoms with Crippen molar-refractivity contribution in [3.05, 3.63) is 50.0 Å². The fourth-order valence-corrected chi connectivity index (χ4v) is 2.60. The zero-order valence-electron chi connectivity index (χ0n) is 11.0. The van der Waals surface area contributed by atoms with E-state index in [9.17, 15) is 10.1 Å². The normalized spacial score (nSPS) is 10.1. The molecule has 1 heterocycles. The van der Waals surface area contributed by atoms with Crippen LogP contribution in [0, 0.1) is 28.4 Å². The van der Waals surface area contributed by atoms with E-state index < -0.39 is 4.92 Å². The van der Waals surface area contributed by atoms with Crippen molar-refractivity contribution in [1.82, 2.24) is 4.98 Å². The van der Waals surface area contributed by atoms with Crippen molar-refractivity contribution in [3.8, 4) is 6.07 Å². The summed E-state index contributed by atoms with van der Waals surface area (Å²) in [6.45, 7) is 2.53. The molecule has 0 saturated carbocycles. The van der Waals surface area contributed by atoms with Crippen LogP contribution in [0.3, 0.4) is 0 Å². The van der Waals surface area contributed by atoms with Crippen molar-refractivity contribution in [1.29, 1.82) is 5.26 Å². The second kappa shape index (κ2) is 5.67. The molecule has 0 radical (unpaired) electrons. The number of nitrogens with zero attached hydrogens (tertiary/aromatic N) is 4. The van der Waals surface area contributed by atoms with Crippen molar-refractivity contribution in [3.63, 3.8) is 0 Å². The van der Waals surface area contributed by atoms with E-state index in [0.717, 1.165) is 16.4 Å². The molecule has 0 N–H and O–H groups in total. The van der Waals surface area contributed by atoms with Gasteiger partial charge in [-0.2, -0.15) is 5.26 Å². The minimum absolute atomic E-state index is 0.0645. The predicted molar refractivity (Wildman–Crippen MR) is 76.8 cm³/mol. The molecule has 0 aliphatic rings. The summed E-state index contributed by atoms with van der Waals surface area (Å²) in [7, 11) is 1.86. The number of benzene rings is 1. The number of nitro benzene ring substituents is 1. The van der Waals surface area contributed by atoms with Crippen molar-refractivity contribution in [2.45, 2.75) is 13.5 Å². The number of anilines is 1. The van der Waals surface area contributed by atoms with Gasteiger partial charge in [0.2, 0.25) is 0 Å². The number of nitriles is 1. The van der Waals surface area contributed by atoms with Gasteiger partial charge in [0, 0.05) is 29.9 Å². The Hall–Kier alpha value is -2.46. The van der Waals surface area contributed by atoms with E-state index in [2.05, 4.69) is 4.98 Å². The zero-order valence-corrected chi connectivity index (χ0v) is 11.8. The van der Waals surface area contributed by atoms with E-state index in [1.165, 1.54) is 12.1 Å². The van der Waals surface area contributed by atoms with Gasteiger partial charge in [-0.3, -0.25) is 10.1 Å². The van der Waals surface area contributed by atoms with E-state index in [0.29, 0.717) is 6.54 Å². The first-order chi connectivity index (χ1) is 9.51. The molecule has 0 fully saturated rings. The van der Waals surface area contributed by atoms with Gasteiger partial charge in [-0.15, -0.1) is 11.3 Å². The van der Waals surface area contributed by atoms with Gasteiger partial charge in [0.05, 0.1) is 11.5 Å². The van der Waals surface area contributed by atoms with Crippen LogP contribution in [0.25, 0.3) is 0 Å². The minimum atomic E-state index is -0.549. The molecule has 0 bridgehead atoms. The van der Waals surface area contributed by atoms with Gasteiger partial charge in [-0.25, -0.2) is 4.98 Å². The highest BCUT2D eigenvalue weighted by molar-refractivity contribution is 7.09. The molecule has 0 atom stereocenters. The molecule has 0 saturated heterocycles. The van der Waals surface area contributed by atoms with Crippen LogP contribution in [0.4, 0.5) is 11.4 Å². The van der Waals surface area contributed by atoms with Crippen LogP contribution in [0.5, 0.6) is 0 Å². The smallest absolute Gasteiger partial charge is 0.287 e. The zero-order chi connectivity index (χ0) is 14.7. The van der Waals surface area contributed by atoms with Gasteiger partial charge in [-0.1, -0.05) is 0 Å². The third-order valence-electron chi connectivity index (χ3n) is 2.78. The maximum Gasteiger partial charge on any atom is 0.287 e. The number of nitro groups is 1. The first-order valence-corrected chi connectivity index (χ1v) is 6.70. The Bertz CT molecular complexity index is 690. The summed E-state index contributed by atoms with van der Waals surface area (Å²) in [4.78, 5) is 16.5. The summed E-state index contributed by atoms with van der Waals surface area (Å²) in [5.74, 6) is 0. The molecule has 0 unspecified atom stereocenters. The van der Waals surface area contributed by atoms with Gasteiger partial charge in [-0.05, 0) is 19.1 Å². The highest BCUT2D eigenvalue weighted by Crippen LogP contribution is 2.25. The number of rotatable bonds is 4. The standard InChI is InChI=1S/C13H12N4O2S/c1-9-8-20-13(15-9)7-16(2)11-3-4-12(17(18)19)10(5-11)6-14/h3-5,8H,7H2,1-2H3. The second-order valence-corrected chi connectivity index (χ2v) is 5.25. The van der Waals surface area contributed by atoms with Crippen LogP contribution in [-0.2, 0) is 6.54 Å². The lowest BCUT2D eigenvalue weighted by Gasteiger charge is -2.17. The van der Waals surface area contributed by atoms with Crippen LogP contribution in [-0.4, -0.2) is 17.0 Å². The van der Waals surface area contributed by atoms with Crippen LogP contribution >= 0.6 is 11.3 Å². The fourth-order valence-electron chi connectivity index (χ4n) is 1.78. The third kappa shape index (κ3) is 2.92. The molecule has 20 heavy (non-hydrogen) atoms. The quantitative estimate of drug-likeness (QED) is 0.638. The largest absolute Gasteiger partial charge is 0.368 e. The molecule has 2 aromatic rings. The summed E-state index contributed by atoms with van der Waals surface area (Å²) in [5, 5.41) is 22.7. The van der Waals surface area contributed by atoms with E-state index in [-0.39, 0.29) is 11.3 Å². The Balaban J connectivity index is 2.24. The average Bonchev–Trinajstić information content (AvgIpc) is 2.83. The maximum atomic E-state index is 10.8. The Morgan fingerprint density at radius 2 is 2.30 bits per heavy atom. The summed E-state index contributed by atoms with van der Waals surface area (Å²) >= 11 is 1.56. The lowest BCUT2D eigenvalue weighted by atomic mass is 10.1. The van der Waals surface area contributed by atoms with Crippen LogP contribution in [0.2, 0.25) is 0 Å². The van der Waals surface area contributed by atoms with Crippen LogP contribution in [0.15, 0.2) is 23.6 Å². The maximum absolute atomic E-state index is 10.8. The average molecular weight is 288 g/mol. The highest BCUT2D eigenvalue weighted by atomic mass is 32.1. The molecular weight excluding hydrogens is 276 g/mol. The van der Waals surface area contributed by atoms with Gasteiger partial charge >= 0.3 is 0 Å². The monoisotopic (exact) mass is 288 g/mol. The lowest BCUT2D eigenvalue weighted by Crippen LogP contribution is -2.16. The van der Waals surface area contributed by atoms with Crippen LogP contribution < -0.4 is 4.90 Å². The van der Waals surface area contributed by atoms with E-state index in [1.54, 1.807) is 17.4 Å². The summed E-state index contributed by atoms with van der Waals surface area (Å²) in [6, 6.07) is 6.38. The number of hydrogen-bond acceptors (Lipinski definition) is 6. The Kier molecular flexibility index (Phi) is 3.96. The molecule has 1 aromatic heterocycles. The van der Waals surface area contributed by atoms with E-state index in [4.69, 9.17) is 5.26 Å². The molecular formula is C13H12N4O2S. The van der Waals surface area contributed by atoms with Crippen molar-refractivity contribution in [2.24, 2.45) is 0 Å². The molecule has 7 heteroatoms. The lowest BCUT2D eigenvalue weighted by molar-refractivity contribution is -0.385. The van der Waals surface area contributed by atoms with Gasteiger partial charge < -0.3 is 4.90 Å².